The van der Waals surface area contributed by atoms with Crippen molar-refractivity contribution in [2.24, 2.45) is 5.92 Å². The molecular formula is C18H23BrF2O4. The van der Waals surface area contributed by atoms with Crippen molar-refractivity contribution in [1.82, 2.24) is 0 Å². The summed E-state index contributed by atoms with van der Waals surface area (Å²) in [5.41, 5.74) is 0.945. The van der Waals surface area contributed by atoms with Crippen LogP contribution in [-0.2, 0) is 16.0 Å². The van der Waals surface area contributed by atoms with Gasteiger partial charge in [0.05, 0.1) is 19.6 Å². The van der Waals surface area contributed by atoms with Gasteiger partial charge < -0.3 is 14.2 Å². The molecule has 0 spiro atoms. The van der Waals surface area contributed by atoms with Gasteiger partial charge >= 0.3 is 12.6 Å². The van der Waals surface area contributed by atoms with E-state index in [1.165, 1.54) is 6.07 Å². The van der Waals surface area contributed by atoms with E-state index >= 15 is 0 Å². The van der Waals surface area contributed by atoms with E-state index in [1.807, 2.05) is 0 Å². The van der Waals surface area contributed by atoms with Crippen LogP contribution in [0.1, 0.15) is 38.2 Å². The summed E-state index contributed by atoms with van der Waals surface area (Å²) in [7, 11) is 0. The third kappa shape index (κ3) is 7.59. The number of benzene rings is 1. The second kappa shape index (κ2) is 9.94. The number of rotatable bonds is 11. The van der Waals surface area contributed by atoms with Gasteiger partial charge in [-0.1, -0.05) is 22.0 Å². The van der Waals surface area contributed by atoms with Gasteiger partial charge in [0.1, 0.15) is 0 Å². The second-order valence-corrected chi connectivity index (χ2v) is 7.35. The zero-order chi connectivity index (χ0) is 18.2. The van der Waals surface area contributed by atoms with Crippen molar-refractivity contribution < 1.29 is 27.8 Å². The van der Waals surface area contributed by atoms with Gasteiger partial charge in [0.25, 0.3) is 0 Å². The largest absolute Gasteiger partial charge is 0.489 e. The van der Waals surface area contributed by atoms with Crippen molar-refractivity contribution in [3.63, 3.8) is 0 Å². The molecule has 1 aromatic carbocycles. The van der Waals surface area contributed by atoms with Crippen LogP contribution in [0.15, 0.2) is 18.2 Å². The predicted molar refractivity (Wildman–Crippen MR) is 93.6 cm³/mol. The minimum Gasteiger partial charge on any atom is -0.489 e. The Morgan fingerprint density at radius 1 is 1.32 bits per heavy atom. The van der Waals surface area contributed by atoms with E-state index in [2.05, 4.69) is 20.7 Å². The number of hydrogen-bond donors (Lipinski definition) is 0. The molecule has 0 aliphatic heterocycles. The lowest BCUT2D eigenvalue weighted by atomic mass is 10.1. The average molecular weight is 421 g/mol. The van der Waals surface area contributed by atoms with Gasteiger partial charge in [-0.05, 0) is 56.2 Å². The first kappa shape index (κ1) is 19.9. The Morgan fingerprint density at radius 3 is 2.72 bits per heavy atom. The standard InChI is InChI=1S/C18H23BrF2O4/c1-2-23-17(22)10-14(19)7-5-12-6-8-15(25-18(20)21)16(9-12)24-11-13-3-4-13/h6,8-9,13-14,18H,2-5,7,10-11H2,1H3. The summed E-state index contributed by atoms with van der Waals surface area (Å²) in [4.78, 5) is 11.5. The summed E-state index contributed by atoms with van der Waals surface area (Å²) in [5.74, 6) is 0.681. The molecule has 25 heavy (non-hydrogen) atoms. The van der Waals surface area contributed by atoms with Crippen LogP contribution in [0.25, 0.3) is 0 Å². The lowest BCUT2D eigenvalue weighted by Gasteiger charge is -2.14. The number of alkyl halides is 3. The van der Waals surface area contributed by atoms with E-state index in [0.29, 0.717) is 37.7 Å². The normalized spacial score (nSPS) is 15.1. The van der Waals surface area contributed by atoms with Gasteiger partial charge in [-0.25, -0.2) is 0 Å². The number of hydrogen-bond acceptors (Lipinski definition) is 4. The fourth-order valence-corrected chi connectivity index (χ4v) is 2.83. The van der Waals surface area contributed by atoms with Crippen LogP contribution in [0.2, 0.25) is 0 Å². The molecule has 7 heteroatoms. The van der Waals surface area contributed by atoms with E-state index in [0.717, 1.165) is 24.8 Å². The van der Waals surface area contributed by atoms with Gasteiger partial charge in [-0.2, -0.15) is 8.78 Å². The summed E-state index contributed by atoms with van der Waals surface area (Å²) in [6.07, 6.45) is 3.93. The number of carbonyl (C=O) groups is 1. The third-order valence-corrected chi connectivity index (χ3v) is 4.62. The van der Waals surface area contributed by atoms with Crippen molar-refractivity contribution >= 4 is 21.9 Å². The molecule has 0 N–H and O–H groups in total. The molecule has 140 valence electrons. The minimum absolute atomic E-state index is 0.000581. The Bertz CT molecular complexity index is 564. The van der Waals surface area contributed by atoms with Crippen molar-refractivity contribution in [1.29, 1.82) is 0 Å². The van der Waals surface area contributed by atoms with Crippen LogP contribution >= 0.6 is 15.9 Å². The highest BCUT2D eigenvalue weighted by atomic mass is 79.9. The molecule has 0 aromatic heterocycles. The predicted octanol–water partition coefficient (Wildman–Crippen LogP) is 4.73. The summed E-state index contributed by atoms with van der Waals surface area (Å²) in [6.45, 7) is -0.225. The minimum atomic E-state index is -2.88. The Hall–Kier alpha value is -1.37. The number of esters is 1. The molecule has 0 saturated heterocycles. The van der Waals surface area contributed by atoms with Crippen molar-refractivity contribution in [3.8, 4) is 11.5 Å². The van der Waals surface area contributed by atoms with Gasteiger partial charge in [0.2, 0.25) is 0 Å². The number of halogens is 3. The third-order valence-electron chi connectivity index (χ3n) is 3.84. The summed E-state index contributed by atoms with van der Waals surface area (Å²) < 4.78 is 40.2. The maximum atomic E-state index is 12.5. The summed E-state index contributed by atoms with van der Waals surface area (Å²) >= 11 is 3.47. The molecule has 0 heterocycles. The van der Waals surface area contributed by atoms with Crippen molar-refractivity contribution in [3.05, 3.63) is 23.8 Å². The summed E-state index contributed by atoms with van der Waals surface area (Å²) in [6, 6.07) is 4.99. The smallest absolute Gasteiger partial charge is 0.387 e. The SMILES string of the molecule is CCOC(=O)CC(Br)CCc1ccc(OC(F)F)c(OCC2CC2)c1. The Kier molecular flexibility index (Phi) is 7.93. The number of ether oxygens (including phenoxy) is 3. The van der Waals surface area contributed by atoms with Gasteiger partial charge in [0.15, 0.2) is 11.5 Å². The second-order valence-electron chi connectivity index (χ2n) is 6.06. The van der Waals surface area contributed by atoms with Crippen molar-refractivity contribution in [2.45, 2.75) is 50.5 Å². The Labute approximate surface area is 155 Å². The molecule has 1 unspecified atom stereocenters. The molecule has 1 aromatic rings. The maximum Gasteiger partial charge on any atom is 0.387 e. The number of aryl methyl sites for hydroxylation is 1. The zero-order valence-corrected chi connectivity index (χ0v) is 15.8. The molecular weight excluding hydrogens is 398 g/mol. The number of carbonyl (C=O) groups excluding carboxylic acids is 1. The van der Waals surface area contributed by atoms with Gasteiger partial charge in [-0.15, -0.1) is 0 Å². The molecule has 1 atom stereocenters. The first-order valence-electron chi connectivity index (χ1n) is 8.48. The lowest BCUT2D eigenvalue weighted by Crippen LogP contribution is -2.12. The molecule has 0 amide bonds. The average Bonchev–Trinajstić information content (AvgIpc) is 3.36. The van der Waals surface area contributed by atoms with Gasteiger partial charge in [-0.3, -0.25) is 4.79 Å². The van der Waals surface area contributed by atoms with Crippen LogP contribution in [0, 0.1) is 5.92 Å². The van der Waals surface area contributed by atoms with E-state index in [4.69, 9.17) is 9.47 Å². The van der Waals surface area contributed by atoms with Crippen LogP contribution in [0.3, 0.4) is 0 Å². The molecule has 0 bridgehead atoms. The lowest BCUT2D eigenvalue weighted by molar-refractivity contribution is -0.143. The monoisotopic (exact) mass is 420 g/mol. The molecule has 1 fully saturated rings. The highest BCUT2D eigenvalue weighted by Crippen LogP contribution is 2.34. The first-order valence-corrected chi connectivity index (χ1v) is 9.39. The Balaban J connectivity index is 1.92. The van der Waals surface area contributed by atoms with E-state index < -0.39 is 6.61 Å². The van der Waals surface area contributed by atoms with Crippen LogP contribution in [-0.4, -0.2) is 30.6 Å². The Morgan fingerprint density at radius 2 is 2.08 bits per heavy atom. The molecule has 1 aliphatic rings. The highest BCUT2D eigenvalue weighted by Gasteiger charge is 2.23. The molecule has 0 radical (unpaired) electrons. The molecule has 1 aliphatic carbocycles. The topological polar surface area (TPSA) is 44.8 Å². The van der Waals surface area contributed by atoms with E-state index in [9.17, 15) is 13.6 Å². The molecule has 1 saturated carbocycles. The van der Waals surface area contributed by atoms with Crippen molar-refractivity contribution in [2.75, 3.05) is 13.2 Å². The van der Waals surface area contributed by atoms with Gasteiger partial charge in [0, 0.05) is 4.83 Å². The highest BCUT2D eigenvalue weighted by molar-refractivity contribution is 9.09. The van der Waals surface area contributed by atoms with Crippen LogP contribution in [0.5, 0.6) is 11.5 Å². The zero-order valence-electron chi connectivity index (χ0n) is 14.2. The van der Waals surface area contributed by atoms with E-state index in [1.54, 1.807) is 19.1 Å². The van der Waals surface area contributed by atoms with E-state index in [-0.39, 0.29) is 16.5 Å². The molecule has 4 nitrogen and oxygen atoms in total. The first-order chi connectivity index (χ1) is 12.0. The summed E-state index contributed by atoms with van der Waals surface area (Å²) in [5, 5.41) is 0. The molecule has 2 rings (SSSR count). The van der Waals surface area contributed by atoms with Crippen LogP contribution < -0.4 is 9.47 Å². The fourth-order valence-electron chi connectivity index (χ4n) is 2.33. The quantitative estimate of drug-likeness (QED) is 0.383. The maximum absolute atomic E-state index is 12.5. The van der Waals surface area contributed by atoms with Crippen LogP contribution in [0.4, 0.5) is 8.78 Å². The fraction of sp³-hybridized carbons (Fsp3) is 0.611.